The molecular weight excluding hydrogens is 315 g/mol. The van der Waals surface area contributed by atoms with E-state index in [0.717, 1.165) is 16.9 Å². The summed E-state index contributed by atoms with van der Waals surface area (Å²) in [7, 11) is 0. The molecule has 0 saturated carbocycles. The first-order valence-electron chi connectivity index (χ1n) is 6.48. The van der Waals surface area contributed by atoms with E-state index in [1.54, 1.807) is 11.8 Å². The van der Waals surface area contributed by atoms with Crippen LogP contribution < -0.4 is 0 Å². The summed E-state index contributed by atoms with van der Waals surface area (Å²) in [6.07, 6.45) is 0.729. The summed E-state index contributed by atoms with van der Waals surface area (Å²) in [6.45, 7) is 1.99. The summed E-state index contributed by atoms with van der Waals surface area (Å²) in [5.41, 5.74) is 1.00. The van der Waals surface area contributed by atoms with Crippen LogP contribution in [0, 0.1) is 0 Å². The van der Waals surface area contributed by atoms with Gasteiger partial charge in [-0.2, -0.15) is 0 Å². The summed E-state index contributed by atoms with van der Waals surface area (Å²) in [5, 5.41) is 0. The first kappa shape index (κ1) is 20.7. The van der Waals surface area contributed by atoms with Gasteiger partial charge in [-0.05, 0) is 0 Å². The molecule has 0 spiro atoms. The molecule has 2 rings (SSSR count). The minimum Gasteiger partial charge on any atom is -0.870 e. The van der Waals surface area contributed by atoms with Crippen LogP contribution in [0.25, 0.3) is 0 Å². The molecule has 6 heteroatoms. The fourth-order valence-electron chi connectivity index (χ4n) is 2.04. The third kappa shape index (κ3) is 5.49. The van der Waals surface area contributed by atoms with E-state index in [-0.39, 0.29) is 22.8 Å². The number of carbonyl (C=O) groups excluding carboxylic acids is 1. The second kappa shape index (κ2) is 10.4. The Morgan fingerprint density at radius 3 is 2.32 bits per heavy atom. The number of benzene rings is 2. The van der Waals surface area contributed by atoms with Gasteiger partial charge in [0.15, 0.2) is 0 Å². The fourth-order valence-corrected chi connectivity index (χ4v) is 3.11. The molecule has 0 amide bonds. The van der Waals surface area contributed by atoms with Gasteiger partial charge in [-0.25, -0.2) is 0 Å². The van der Waals surface area contributed by atoms with Crippen LogP contribution in [0.1, 0.15) is 24.8 Å². The van der Waals surface area contributed by atoms with Crippen molar-refractivity contribution >= 4 is 34.4 Å². The summed E-state index contributed by atoms with van der Waals surface area (Å²) >= 11 is 3.72. The predicted molar refractivity (Wildman–Crippen MR) is 85.8 cm³/mol. The van der Waals surface area contributed by atoms with Gasteiger partial charge in [-0.15, -0.1) is 0 Å². The molecule has 114 valence electrons. The quantitative estimate of drug-likeness (QED) is 0.781. The van der Waals surface area contributed by atoms with Crippen molar-refractivity contribution in [3.63, 3.8) is 0 Å². The zero-order valence-electron chi connectivity index (χ0n) is 12.2. The van der Waals surface area contributed by atoms with E-state index in [4.69, 9.17) is 3.79 Å². The van der Waals surface area contributed by atoms with Crippen LogP contribution in [0.2, 0.25) is 0 Å². The number of rotatable bonds is 5. The zero-order valence-corrected chi connectivity index (χ0v) is 14.1. The molecule has 0 radical (unpaired) electrons. The Balaban J connectivity index is 0.00000220. The van der Waals surface area contributed by atoms with E-state index in [1.165, 1.54) is 4.90 Å². The Hall–Kier alpha value is -1.29. The van der Waals surface area contributed by atoms with E-state index in [0.29, 0.717) is 0 Å². The molecule has 2 aromatic rings. The maximum absolute atomic E-state index is 11.8. The van der Waals surface area contributed by atoms with Gasteiger partial charge in [0, 0.05) is 0 Å². The second-order valence-corrected chi connectivity index (χ2v) is 5.77. The van der Waals surface area contributed by atoms with E-state index >= 15 is 0 Å². The maximum atomic E-state index is 11.8. The summed E-state index contributed by atoms with van der Waals surface area (Å²) in [4.78, 5) is 14.1. The molecule has 0 aliphatic carbocycles. The second-order valence-electron chi connectivity index (χ2n) is 4.39. The van der Waals surface area contributed by atoms with Gasteiger partial charge >= 0.3 is 132 Å². The van der Waals surface area contributed by atoms with E-state index in [2.05, 4.69) is 24.3 Å². The average molecular weight is 332 g/mol. The topological polar surface area (TPSA) is 86.3 Å². The van der Waals surface area contributed by atoms with E-state index < -0.39 is 0 Å². The smallest absolute Gasteiger partial charge is 0.870 e. The molecule has 4 nitrogen and oxygen atoms in total. The largest absolute Gasteiger partial charge is 0.870 e. The van der Waals surface area contributed by atoms with Crippen LogP contribution in [0.5, 0.6) is 0 Å². The zero-order chi connectivity index (χ0) is 14.4. The molecule has 0 heterocycles. The molecule has 0 aromatic heterocycles. The molecule has 22 heavy (non-hydrogen) atoms. The number of hydrogen-bond donors (Lipinski definition) is 0. The Kier molecular flexibility index (Phi) is 9.83. The van der Waals surface area contributed by atoms with Crippen LogP contribution in [-0.2, 0) is 8.58 Å². The van der Waals surface area contributed by atoms with Crippen molar-refractivity contribution in [2.24, 2.45) is 0 Å². The third-order valence-electron chi connectivity index (χ3n) is 3.05. The molecule has 2 N–H and O–H groups in total. The van der Waals surface area contributed by atoms with E-state index in [1.807, 2.05) is 53.9 Å². The van der Waals surface area contributed by atoms with Gasteiger partial charge in [0.1, 0.15) is 0 Å². The third-order valence-corrected chi connectivity index (χ3v) is 4.28. The minimum absolute atomic E-state index is 0. The Labute approximate surface area is 143 Å². The first-order valence-corrected chi connectivity index (χ1v) is 7.76. The summed E-state index contributed by atoms with van der Waals surface area (Å²) in [5.74, 6) is -0.414. The van der Waals surface area contributed by atoms with Gasteiger partial charge in [0.05, 0.1) is 0 Å². The average Bonchev–Trinajstić information content (AvgIpc) is 2.49. The van der Waals surface area contributed by atoms with Crippen molar-refractivity contribution in [3.05, 3.63) is 60.2 Å². The SMILES string of the molecule is CCC(C(=O)[O][Al+2])c1cccc(Sc2ccccc2)c1.[OH-].[OH-]. The number of hydrogen-bond acceptors (Lipinski definition) is 5. The summed E-state index contributed by atoms with van der Waals surface area (Å²) < 4.78 is 4.79. The molecule has 2 aromatic carbocycles. The summed E-state index contributed by atoms with van der Waals surface area (Å²) in [6, 6.07) is 18.3. The normalized spacial score (nSPS) is 10.9. The van der Waals surface area contributed by atoms with E-state index in [9.17, 15) is 4.79 Å². The Morgan fingerprint density at radius 2 is 1.73 bits per heavy atom. The van der Waals surface area contributed by atoms with Gasteiger partial charge in [0.2, 0.25) is 0 Å². The first-order chi connectivity index (χ1) is 9.74. The maximum Gasteiger partial charge on any atom is -0.870 e. The predicted octanol–water partition coefficient (Wildman–Crippen LogP) is 3.60. The van der Waals surface area contributed by atoms with Crippen molar-refractivity contribution in [3.8, 4) is 0 Å². The fraction of sp³-hybridized carbons (Fsp3) is 0.188. The van der Waals surface area contributed by atoms with Crippen molar-refractivity contribution in [1.29, 1.82) is 0 Å². The molecule has 0 saturated heterocycles. The molecule has 1 unspecified atom stereocenters. The minimum atomic E-state index is -0.209. The molecule has 0 aliphatic heterocycles. The standard InChI is InChI=1S/C16H16O2S.Al.2H2O/c1-2-15(16(17)18)12-7-6-10-14(11-12)19-13-8-4-3-5-9-13;;;/h3-11,15H,2H2,1H3,(H,17,18);;2*1H2/q;+3;;/p-3. The van der Waals surface area contributed by atoms with Gasteiger partial charge in [-0.3, -0.25) is 0 Å². The Bertz CT molecular complexity index is 577. The molecule has 0 aliphatic rings. The van der Waals surface area contributed by atoms with Gasteiger partial charge in [-0.1, -0.05) is 0 Å². The van der Waals surface area contributed by atoms with Gasteiger partial charge < -0.3 is 11.0 Å². The monoisotopic (exact) mass is 332 g/mol. The van der Waals surface area contributed by atoms with Crippen LogP contribution in [-0.4, -0.2) is 33.5 Å². The molecular formula is C16H17AlO4S. The van der Waals surface area contributed by atoms with Crippen LogP contribution in [0.4, 0.5) is 0 Å². The van der Waals surface area contributed by atoms with Crippen molar-refractivity contribution < 1.29 is 19.5 Å². The van der Waals surface area contributed by atoms with Crippen LogP contribution in [0.15, 0.2) is 64.4 Å². The van der Waals surface area contributed by atoms with Crippen LogP contribution in [0.3, 0.4) is 0 Å². The molecule has 0 fully saturated rings. The Morgan fingerprint density at radius 1 is 1.09 bits per heavy atom. The van der Waals surface area contributed by atoms with Gasteiger partial charge in [0.25, 0.3) is 0 Å². The van der Waals surface area contributed by atoms with Crippen molar-refractivity contribution in [2.75, 3.05) is 0 Å². The van der Waals surface area contributed by atoms with Crippen LogP contribution >= 0.6 is 11.8 Å². The number of carbonyl (C=O) groups is 1. The molecule has 1 atom stereocenters. The molecule has 0 bridgehead atoms. The van der Waals surface area contributed by atoms with Crippen molar-refractivity contribution in [2.45, 2.75) is 29.1 Å². The van der Waals surface area contributed by atoms with Crippen molar-refractivity contribution in [1.82, 2.24) is 0 Å².